The summed E-state index contributed by atoms with van der Waals surface area (Å²) in [5, 5.41) is 11.3. The molecular weight excluding hydrogens is 381 g/mol. The van der Waals surface area contributed by atoms with E-state index in [0.717, 1.165) is 5.56 Å². The summed E-state index contributed by atoms with van der Waals surface area (Å²) >= 11 is 6.26. The molecule has 1 N–H and O–H groups in total. The van der Waals surface area contributed by atoms with Gasteiger partial charge in [0, 0.05) is 17.4 Å². The third kappa shape index (κ3) is 3.52. The zero-order valence-electron chi connectivity index (χ0n) is 14.6. The lowest BCUT2D eigenvalue weighted by atomic mass is 10.2. The summed E-state index contributed by atoms with van der Waals surface area (Å²) in [6.45, 7) is 0.327. The van der Waals surface area contributed by atoms with E-state index in [-0.39, 0.29) is 11.4 Å². The minimum Gasteiger partial charge on any atom is -0.318 e. The summed E-state index contributed by atoms with van der Waals surface area (Å²) in [6.07, 6.45) is 3.56. The first-order valence-electron chi connectivity index (χ1n) is 8.49. The fourth-order valence-electron chi connectivity index (χ4n) is 2.82. The van der Waals surface area contributed by atoms with Gasteiger partial charge in [-0.2, -0.15) is 0 Å². The molecule has 2 heterocycles. The quantitative estimate of drug-likeness (QED) is 0.551. The molecule has 6 nitrogen and oxygen atoms in total. The van der Waals surface area contributed by atoms with Crippen LogP contribution in [0.2, 0.25) is 5.02 Å². The molecule has 4 rings (SSSR count). The number of carbonyl (C=O) groups excluding carboxylic acids is 1. The second-order valence-corrected chi connectivity index (χ2v) is 6.44. The fourth-order valence-corrected chi connectivity index (χ4v) is 3.02. The van der Waals surface area contributed by atoms with Crippen LogP contribution in [0.1, 0.15) is 16.1 Å². The molecule has 0 saturated carbocycles. The topological polar surface area (TPSA) is 64.7 Å². The standard InChI is InChI=1S/C20H15ClFN5O/c21-15-8-2-1-7-14(15)13-27-20(26-11-5-6-12-26)18(24-25-27)19(28)23-17-10-4-3-9-16(17)22/h1-12H,13H2,(H,23,28). The van der Waals surface area contributed by atoms with E-state index in [0.29, 0.717) is 17.4 Å². The lowest BCUT2D eigenvalue weighted by Crippen LogP contribution is -2.17. The van der Waals surface area contributed by atoms with Crippen LogP contribution < -0.4 is 5.32 Å². The van der Waals surface area contributed by atoms with Crippen molar-refractivity contribution in [3.8, 4) is 5.82 Å². The summed E-state index contributed by atoms with van der Waals surface area (Å²) in [7, 11) is 0. The van der Waals surface area contributed by atoms with Crippen LogP contribution in [0.25, 0.3) is 5.82 Å². The van der Waals surface area contributed by atoms with Crippen LogP contribution in [0, 0.1) is 5.82 Å². The number of hydrogen-bond donors (Lipinski definition) is 1. The van der Waals surface area contributed by atoms with Crippen molar-refractivity contribution < 1.29 is 9.18 Å². The molecule has 4 aromatic rings. The molecule has 8 heteroatoms. The van der Waals surface area contributed by atoms with Gasteiger partial charge in [-0.15, -0.1) is 5.10 Å². The average molecular weight is 396 g/mol. The smallest absolute Gasteiger partial charge is 0.280 e. The zero-order valence-corrected chi connectivity index (χ0v) is 15.3. The molecule has 0 radical (unpaired) electrons. The van der Waals surface area contributed by atoms with Crippen LogP contribution in [0.15, 0.2) is 73.1 Å². The SMILES string of the molecule is O=C(Nc1ccccc1F)c1nnn(Cc2ccccc2Cl)c1-n1cccc1. The molecule has 0 fully saturated rings. The number of para-hydroxylation sites is 1. The van der Waals surface area contributed by atoms with E-state index >= 15 is 0 Å². The van der Waals surface area contributed by atoms with Crippen molar-refractivity contribution in [1.82, 2.24) is 19.6 Å². The van der Waals surface area contributed by atoms with Crippen LogP contribution in [0.3, 0.4) is 0 Å². The maximum atomic E-state index is 13.9. The predicted molar refractivity (Wildman–Crippen MR) is 104 cm³/mol. The van der Waals surface area contributed by atoms with Crippen molar-refractivity contribution in [3.05, 3.63) is 95.2 Å². The molecule has 0 saturated heterocycles. The number of hydrogen-bond acceptors (Lipinski definition) is 3. The Hall–Kier alpha value is -3.45. The molecule has 0 aliphatic carbocycles. The van der Waals surface area contributed by atoms with Crippen molar-refractivity contribution in [1.29, 1.82) is 0 Å². The second kappa shape index (κ2) is 7.66. The fraction of sp³-hybridized carbons (Fsp3) is 0.0500. The molecular formula is C20H15ClFN5O. The van der Waals surface area contributed by atoms with Crippen molar-refractivity contribution in [2.24, 2.45) is 0 Å². The first-order valence-corrected chi connectivity index (χ1v) is 8.87. The Labute approximate surface area is 165 Å². The minimum atomic E-state index is -0.556. The number of nitrogens with one attached hydrogen (secondary N) is 1. The Morgan fingerprint density at radius 1 is 1.04 bits per heavy atom. The van der Waals surface area contributed by atoms with Crippen LogP contribution in [-0.4, -0.2) is 25.5 Å². The van der Waals surface area contributed by atoms with Gasteiger partial charge in [-0.05, 0) is 35.9 Å². The van der Waals surface area contributed by atoms with Gasteiger partial charge in [0.2, 0.25) is 0 Å². The highest BCUT2D eigenvalue weighted by Gasteiger charge is 2.22. The minimum absolute atomic E-state index is 0.0755. The van der Waals surface area contributed by atoms with Gasteiger partial charge in [-0.25, -0.2) is 9.07 Å². The van der Waals surface area contributed by atoms with E-state index in [2.05, 4.69) is 15.6 Å². The van der Waals surface area contributed by atoms with Gasteiger partial charge in [0.25, 0.3) is 5.91 Å². The number of aromatic nitrogens is 4. The Morgan fingerprint density at radius 3 is 2.50 bits per heavy atom. The Kier molecular flexibility index (Phi) is 4.90. The Bertz CT molecular complexity index is 1120. The predicted octanol–water partition coefficient (Wildman–Crippen LogP) is 4.16. The van der Waals surface area contributed by atoms with Gasteiger partial charge in [0.1, 0.15) is 5.82 Å². The van der Waals surface area contributed by atoms with Gasteiger partial charge in [-0.1, -0.05) is 47.1 Å². The van der Waals surface area contributed by atoms with Gasteiger partial charge < -0.3 is 9.88 Å². The summed E-state index contributed by atoms with van der Waals surface area (Å²) < 4.78 is 17.2. The molecule has 0 aliphatic heterocycles. The Balaban J connectivity index is 1.72. The molecule has 0 spiro atoms. The van der Waals surface area contributed by atoms with Crippen molar-refractivity contribution >= 4 is 23.2 Å². The molecule has 28 heavy (non-hydrogen) atoms. The van der Waals surface area contributed by atoms with Crippen molar-refractivity contribution in [2.75, 3.05) is 5.32 Å². The third-order valence-electron chi connectivity index (χ3n) is 4.17. The monoisotopic (exact) mass is 395 g/mol. The number of anilines is 1. The normalized spacial score (nSPS) is 10.8. The lowest BCUT2D eigenvalue weighted by Gasteiger charge is -2.10. The number of carbonyl (C=O) groups is 1. The molecule has 0 unspecified atom stereocenters. The molecule has 1 amide bonds. The number of amides is 1. The number of nitrogens with zero attached hydrogens (tertiary/aromatic N) is 4. The summed E-state index contributed by atoms with van der Waals surface area (Å²) in [4.78, 5) is 12.8. The van der Waals surface area contributed by atoms with Crippen LogP contribution in [-0.2, 0) is 6.54 Å². The molecule has 2 aromatic heterocycles. The molecule has 140 valence electrons. The van der Waals surface area contributed by atoms with Crippen LogP contribution in [0.4, 0.5) is 10.1 Å². The maximum Gasteiger partial charge on any atom is 0.280 e. The Morgan fingerprint density at radius 2 is 1.75 bits per heavy atom. The van der Waals surface area contributed by atoms with E-state index in [1.807, 2.05) is 30.3 Å². The largest absolute Gasteiger partial charge is 0.318 e. The van der Waals surface area contributed by atoms with Crippen molar-refractivity contribution in [3.63, 3.8) is 0 Å². The van der Waals surface area contributed by atoms with Crippen LogP contribution >= 0.6 is 11.6 Å². The average Bonchev–Trinajstić information content (AvgIpc) is 3.35. The van der Waals surface area contributed by atoms with E-state index in [1.54, 1.807) is 39.8 Å². The van der Waals surface area contributed by atoms with E-state index in [1.165, 1.54) is 12.1 Å². The van der Waals surface area contributed by atoms with Gasteiger partial charge in [0.15, 0.2) is 11.5 Å². The van der Waals surface area contributed by atoms with Gasteiger partial charge >= 0.3 is 0 Å². The van der Waals surface area contributed by atoms with Gasteiger partial charge in [0.05, 0.1) is 12.2 Å². The molecule has 2 aromatic carbocycles. The second-order valence-electron chi connectivity index (χ2n) is 6.03. The summed E-state index contributed by atoms with van der Waals surface area (Å²) in [5.41, 5.74) is 0.988. The highest BCUT2D eigenvalue weighted by molar-refractivity contribution is 6.31. The van der Waals surface area contributed by atoms with Crippen LogP contribution in [0.5, 0.6) is 0 Å². The summed E-state index contributed by atoms with van der Waals surface area (Å²) in [5.74, 6) is -0.625. The number of benzene rings is 2. The van der Waals surface area contributed by atoms with E-state index < -0.39 is 11.7 Å². The highest BCUT2D eigenvalue weighted by atomic mass is 35.5. The van der Waals surface area contributed by atoms with E-state index in [9.17, 15) is 9.18 Å². The van der Waals surface area contributed by atoms with Crippen molar-refractivity contribution in [2.45, 2.75) is 6.54 Å². The van der Waals surface area contributed by atoms with Gasteiger partial charge in [-0.3, -0.25) is 4.79 Å². The van der Waals surface area contributed by atoms with E-state index in [4.69, 9.17) is 11.6 Å². The number of rotatable bonds is 5. The first-order chi connectivity index (χ1) is 13.6. The molecule has 0 bridgehead atoms. The molecule has 0 aliphatic rings. The third-order valence-corrected chi connectivity index (χ3v) is 4.54. The zero-order chi connectivity index (χ0) is 19.5. The summed E-state index contributed by atoms with van der Waals surface area (Å²) in [6, 6.07) is 17.0. The molecule has 0 atom stereocenters. The maximum absolute atomic E-state index is 13.9. The lowest BCUT2D eigenvalue weighted by molar-refractivity contribution is 0.102. The first kappa shape index (κ1) is 17.9. The number of halogens is 2. The highest BCUT2D eigenvalue weighted by Crippen LogP contribution is 2.21.